The molecule has 0 saturated carbocycles. The molecule has 3 rings (SSSR count). The van der Waals surface area contributed by atoms with Crippen LogP contribution in [0.15, 0.2) is 38.7 Å². The van der Waals surface area contributed by atoms with Crippen molar-refractivity contribution in [2.45, 2.75) is 38.6 Å². The van der Waals surface area contributed by atoms with Crippen molar-refractivity contribution >= 4 is 33.3 Å². The highest BCUT2D eigenvalue weighted by Crippen LogP contribution is 2.21. The summed E-state index contributed by atoms with van der Waals surface area (Å²) in [7, 11) is 0. The molecule has 0 saturated heterocycles. The number of aliphatic hydroxyl groups excluding tert-OH is 1. The zero-order chi connectivity index (χ0) is 22.8. The van der Waals surface area contributed by atoms with Gasteiger partial charge < -0.3 is 20.9 Å². The second-order valence-electron chi connectivity index (χ2n) is 6.95. The Labute approximate surface area is 191 Å². The van der Waals surface area contributed by atoms with Crippen molar-refractivity contribution in [3.05, 3.63) is 46.1 Å². The normalized spacial score (nSPS) is 11.7. The van der Waals surface area contributed by atoms with Crippen molar-refractivity contribution in [3.63, 3.8) is 0 Å². The van der Waals surface area contributed by atoms with Gasteiger partial charge in [-0.15, -0.1) is 5.10 Å². The van der Waals surface area contributed by atoms with Gasteiger partial charge in [-0.05, 0) is 63.7 Å². The summed E-state index contributed by atoms with van der Waals surface area (Å²) >= 11 is 3.10. The first kappa shape index (κ1) is 23.6. The van der Waals surface area contributed by atoms with Crippen molar-refractivity contribution in [1.82, 2.24) is 25.3 Å². The molecule has 13 heteroatoms. The smallest absolute Gasteiger partial charge is 0.203 e. The fraction of sp³-hybridized carbons (Fsp3) is 0.421. The lowest BCUT2D eigenvalue weighted by atomic mass is 10.1. The number of anilines is 2. The summed E-state index contributed by atoms with van der Waals surface area (Å²) < 4.78 is 20.2. The van der Waals surface area contributed by atoms with Gasteiger partial charge in [0.2, 0.25) is 11.7 Å². The standard InChI is InChI=1S/C19H24BrFN8O3/c20-15-11-13(6-7-16(15)21)23-19(25-31)17-18(27-32-26-17)22-8-9-29-12-14(24-28-29)5-3-1-2-4-10-30/h6-7,11-12,30-31H,1-5,8-10H2,(H,22,27)(H,23,25). The van der Waals surface area contributed by atoms with Gasteiger partial charge in [-0.2, -0.15) is 0 Å². The van der Waals surface area contributed by atoms with Gasteiger partial charge in [0.25, 0.3) is 0 Å². The average Bonchev–Trinajstić information content (AvgIpc) is 3.44. The van der Waals surface area contributed by atoms with Crippen LogP contribution in [-0.2, 0) is 13.0 Å². The van der Waals surface area contributed by atoms with Crippen molar-refractivity contribution in [2.75, 3.05) is 23.8 Å². The Bertz CT molecular complexity index is 1030. The fourth-order valence-electron chi connectivity index (χ4n) is 2.92. The molecule has 0 aliphatic rings. The topological polar surface area (TPSA) is 147 Å². The molecule has 0 bridgehead atoms. The number of halogens is 2. The fourth-order valence-corrected chi connectivity index (χ4v) is 3.30. The second-order valence-corrected chi connectivity index (χ2v) is 7.81. The number of unbranched alkanes of at least 4 members (excludes halogenated alkanes) is 3. The van der Waals surface area contributed by atoms with E-state index < -0.39 is 5.82 Å². The number of rotatable bonds is 12. The van der Waals surface area contributed by atoms with Crippen molar-refractivity contribution in [2.24, 2.45) is 5.16 Å². The summed E-state index contributed by atoms with van der Waals surface area (Å²) in [6.45, 7) is 1.20. The molecular formula is C19H24BrFN8O3. The van der Waals surface area contributed by atoms with Crippen LogP contribution in [0.1, 0.15) is 37.1 Å². The van der Waals surface area contributed by atoms with E-state index in [1.165, 1.54) is 18.2 Å². The van der Waals surface area contributed by atoms with Crippen LogP contribution >= 0.6 is 15.9 Å². The van der Waals surface area contributed by atoms with Gasteiger partial charge in [0.05, 0.1) is 16.7 Å². The first-order valence-corrected chi connectivity index (χ1v) is 10.9. The van der Waals surface area contributed by atoms with Gasteiger partial charge in [-0.25, -0.2) is 9.02 Å². The maximum atomic E-state index is 13.4. The third-order valence-corrected chi connectivity index (χ3v) is 5.16. The Morgan fingerprint density at radius 2 is 2.06 bits per heavy atom. The lowest BCUT2D eigenvalue weighted by Gasteiger charge is -2.08. The Balaban J connectivity index is 1.51. The molecule has 0 unspecified atom stereocenters. The first-order chi connectivity index (χ1) is 15.6. The number of aromatic nitrogens is 5. The van der Waals surface area contributed by atoms with E-state index in [0.29, 0.717) is 18.8 Å². The van der Waals surface area contributed by atoms with E-state index in [9.17, 15) is 9.60 Å². The van der Waals surface area contributed by atoms with Gasteiger partial charge in [-0.3, -0.25) is 4.68 Å². The number of hydrogen-bond donors (Lipinski definition) is 4. The molecule has 3 aromatic rings. The highest BCUT2D eigenvalue weighted by atomic mass is 79.9. The van der Waals surface area contributed by atoms with Crippen LogP contribution < -0.4 is 10.6 Å². The van der Waals surface area contributed by atoms with Crippen molar-refractivity contribution in [3.8, 4) is 0 Å². The number of hydrogen-bond acceptors (Lipinski definition) is 9. The van der Waals surface area contributed by atoms with E-state index in [2.05, 4.69) is 52.3 Å². The third kappa shape index (κ3) is 6.72. The summed E-state index contributed by atoms with van der Waals surface area (Å²) in [4.78, 5) is 0. The molecule has 32 heavy (non-hydrogen) atoms. The lowest BCUT2D eigenvalue weighted by molar-refractivity contribution is 0.282. The predicted octanol–water partition coefficient (Wildman–Crippen LogP) is 3.02. The highest BCUT2D eigenvalue weighted by molar-refractivity contribution is 9.10. The van der Waals surface area contributed by atoms with E-state index in [1.54, 1.807) is 4.68 Å². The van der Waals surface area contributed by atoms with Crippen LogP contribution in [0, 0.1) is 5.82 Å². The molecule has 0 amide bonds. The first-order valence-electron chi connectivity index (χ1n) is 10.1. The maximum absolute atomic E-state index is 13.4. The van der Waals surface area contributed by atoms with Gasteiger partial charge in [0, 0.05) is 25.0 Å². The van der Waals surface area contributed by atoms with E-state index >= 15 is 0 Å². The summed E-state index contributed by atoms with van der Waals surface area (Å²) in [6, 6.07) is 4.25. The maximum Gasteiger partial charge on any atom is 0.203 e. The van der Waals surface area contributed by atoms with Crippen molar-refractivity contribution < 1.29 is 19.3 Å². The zero-order valence-electron chi connectivity index (χ0n) is 17.2. The van der Waals surface area contributed by atoms with Crippen LogP contribution in [-0.4, -0.2) is 54.6 Å². The predicted molar refractivity (Wildman–Crippen MR) is 118 cm³/mol. The molecule has 0 atom stereocenters. The minimum absolute atomic E-state index is 0.0171. The van der Waals surface area contributed by atoms with E-state index in [-0.39, 0.29) is 28.4 Å². The number of nitrogens with zero attached hydrogens (tertiary/aromatic N) is 6. The molecule has 0 radical (unpaired) electrons. The molecule has 2 heterocycles. The number of oxime groups is 1. The van der Waals surface area contributed by atoms with Gasteiger partial charge in [-0.1, -0.05) is 23.2 Å². The van der Waals surface area contributed by atoms with Crippen LogP contribution in [0.3, 0.4) is 0 Å². The number of amidine groups is 1. The number of aryl methyl sites for hydroxylation is 1. The third-order valence-electron chi connectivity index (χ3n) is 4.56. The number of benzene rings is 1. The van der Waals surface area contributed by atoms with Gasteiger partial charge in [0.1, 0.15) is 5.82 Å². The second kappa shape index (κ2) is 12.1. The Morgan fingerprint density at radius 1 is 1.22 bits per heavy atom. The summed E-state index contributed by atoms with van der Waals surface area (Å²) in [6.07, 6.45) is 6.63. The molecule has 0 aliphatic heterocycles. The quantitative estimate of drug-likeness (QED) is 0.0947. The molecule has 2 aromatic heterocycles. The zero-order valence-corrected chi connectivity index (χ0v) is 18.8. The Hall–Kier alpha value is -3.06. The molecule has 0 aliphatic carbocycles. The van der Waals surface area contributed by atoms with E-state index in [0.717, 1.165) is 37.8 Å². The molecule has 0 spiro atoms. The molecular weight excluding hydrogens is 487 g/mol. The molecule has 4 N–H and O–H groups in total. The highest BCUT2D eigenvalue weighted by Gasteiger charge is 2.18. The number of aliphatic hydroxyl groups is 1. The van der Waals surface area contributed by atoms with Crippen LogP contribution in [0.5, 0.6) is 0 Å². The SMILES string of the molecule is OCCCCCCc1cn(CCNc2nonc2C(=NO)Nc2ccc(F)c(Br)c2)nn1. The van der Waals surface area contributed by atoms with Crippen LogP contribution in [0.2, 0.25) is 0 Å². The minimum atomic E-state index is -0.415. The largest absolute Gasteiger partial charge is 0.409 e. The molecule has 172 valence electrons. The summed E-state index contributed by atoms with van der Waals surface area (Å²) in [5, 5.41) is 43.2. The summed E-state index contributed by atoms with van der Waals surface area (Å²) in [5.41, 5.74) is 1.56. The monoisotopic (exact) mass is 510 g/mol. The molecule has 0 fully saturated rings. The number of nitrogens with one attached hydrogen (secondary N) is 2. The molecule has 1 aromatic carbocycles. The van der Waals surface area contributed by atoms with Gasteiger partial charge in [0.15, 0.2) is 5.69 Å². The Kier molecular flexibility index (Phi) is 8.92. The van der Waals surface area contributed by atoms with Gasteiger partial charge >= 0.3 is 0 Å². The minimum Gasteiger partial charge on any atom is -0.409 e. The molecule has 11 nitrogen and oxygen atoms in total. The van der Waals surface area contributed by atoms with Crippen LogP contribution in [0.4, 0.5) is 15.9 Å². The van der Waals surface area contributed by atoms with E-state index in [4.69, 9.17) is 9.74 Å². The Morgan fingerprint density at radius 3 is 2.84 bits per heavy atom. The van der Waals surface area contributed by atoms with Crippen molar-refractivity contribution in [1.29, 1.82) is 0 Å². The summed E-state index contributed by atoms with van der Waals surface area (Å²) in [5.74, 6) is -0.159. The van der Waals surface area contributed by atoms with Crippen LogP contribution in [0.25, 0.3) is 0 Å². The van der Waals surface area contributed by atoms with E-state index in [1.807, 2.05) is 6.20 Å². The average molecular weight is 511 g/mol. The lowest BCUT2D eigenvalue weighted by Crippen LogP contribution is -2.18.